The van der Waals surface area contributed by atoms with Crippen LogP contribution >= 0.6 is 11.3 Å². The van der Waals surface area contributed by atoms with Gasteiger partial charge in [-0.25, -0.2) is 4.98 Å². The summed E-state index contributed by atoms with van der Waals surface area (Å²) in [7, 11) is 0. The van der Waals surface area contributed by atoms with E-state index in [1.54, 1.807) is 0 Å². The Morgan fingerprint density at radius 3 is 2.95 bits per heavy atom. The molecule has 1 atom stereocenters. The number of hydrogen-bond acceptors (Lipinski definition) is 5. The molecule has 2 heterocycles. The summed E-state index contributed by atoms with van der Waals surface area (Å²) in [6.45, 7) is 8.28. The lowest BCUT2D eigenvalue weighted by atomic mass is 10.2. The summed E-state index contributed by atoms with van der Waals surface area (Å²) in [6, 6.07) is 0. The van der Waals surface area contributed by atoms with E-state index in [2.05, 4.69) is 18.8 Å². The van der Waals surface area contributed by atoms with Crippen LogP contribution in [0, 0.1) is 6.92 Å². The van der Waals surface area contributed by atoms with Gasteiger partial charge in [-0.05, 0) is 6.92 Å². The molecule has 0 radical (unpaired) electrons. The molecular formula is C13H21N3O2S. The number of thiazole rings is 1. The Bertz CT molecular complexity index is 459. The average Bonchev–Trinajstić information content (AvgIpc) is 2.80. The number of nitrogens with zero attached hydrogens (tertiary/aromatic N) is 2. The summed E-state index contributed by atoms with van der Waals surface area (Å²) in [5.74, 6) is 0.412. The molecule has 0 unspecified atom stereocenters. The van der Waals surface area contributed by atoms with Gasteiger partial charge >= 0.3 is 0 Å². The second kappa shape index (κ2) is 5.98. The van der Waals surface area contributed by atoms with E-state index in [0.29, 0.717) is 32.2 Å². The highest BCUT2D eigenvalue weighted by atomic mass is 32.1. The lowest BCUT2D eigenvalue weighted by molar-refractivity contribution is -0.0166. The van der Waals surface area contributed by atoms with Crippen molar-refractivity contribution in [2.24, 2.45) is 5.73 Å². The van der Waals surface area contributed by atoms with Gasteiger partial charge in [0.05, 0.1) is 23.4 Å². The van der Waals surface area contributed by atoms with Gasteiger partial charge in [0.2, 0.25) is 0 Å². The summed E-state index contributed by atoms with van der Waals surface area (Å²) in [5, 5.41) is 1.02. The van der Waals surface area contributed by atoms with Gasteiger partial charge in [0.25, 0.3) is 5.91 Å². The molecule has 1 aliphatic heterocycles. The molecule has 1 aromatic heterocycles. The number of nitrogens with two attached hydrogens (primary N) is 1. The maximum Gasteiger partial charge on any atom is 0.266 e. The normalized spacial score (nSPS) is 20.1. The third-order valence-electron chi connectivity index (χ3n) is 3.19. The van der Waals surface area contributed by atoms with Crippen LogP contribution in [0.5, 0.6) is 0 Å². The molecular weight excluding hydrogens is 262 g/mol. The average molecular weight is 283 g/mol. The van der Waals surface area contributed by atoms with Crippen molar-refractivity contribution in [1.29, 1.82) is 0 Å². The van der Waals surface area contributed by atoms with Gasteiger partial charge in [0.15, 0.2) is 0 Å². The van der Waals surface area contributed by atoms with E-state index in [4.69, 9.17) is 10.5 Å². The molecule has 0 spiro atoms. The first-order valence-corrected chi connectivity index (χ1v) is 7.42. The molecule has 106 valence electrons. The third-order valence-corrected chi connectivity index (χ3v) is 4.64. The SMILES string of the molecule is Cc1nc(C(C)C)sc1C(=O)N1CCO[C@@H](CN)C1. The molecule has 0 aliphatic carbocycles. The highest BCUT2D eigenvalue weighted by Crippen LogP contribution is 2.26. The number of hydrogen-bond donors (Lipinski definition) is 1. The molecule has 5 nitrogen and oxygen atoms in total. The fourth-order valence-electron chi connectivity index (χ4n) is 2.05. The van der Waals surface area contributed by atoms with Crippen molar-refractivity contribution in [3.63, 3.8) is 0 Å². The predicted octanol–water partition coefficient (Wildman–Crippen LogP) is 1.37. The summed E-state index contributed by atoms with van der Waals surface area (Å²) in [6.07, 6.45) is -0.0458. The number of aromatic nitrogens is 1. The van der Waals surface area contributed by atoms with E-state index in [9.17, 15) is 4.79 Å². The minimum atomic E-state index is -0.0458. The molecule has 1 saturated heterocycles. The van der Waals surface area contributed by atoms with Crippen molar-refractivity contribution in [1.82, 2.24) is 9.88 Å². The lowest BCUT2D eigenvalue weighted by Crippen LogP contribution is -2.48. The minimum absolute atomic E-state index is 0.0458. The monoisotopic (exact) mass is 283 g/mol. The van der Waals surface area contributed by atoms with Crippen LogP contribution in [0.4, 0.5) is 0 Å². The number of morpholine rings is 1. The van der Waals surface area contributed by atoms with Gasteiger partial charge in [-0.3, -0.25) is 4.79 Å². The van der Waals surface area contributed by atoms with Crippen molar-refractivity contribution >= 4 is 17.2 Å². The van der Waals surface area contributed by atoms with Crippen LogP contribution in [-0.4, -0.2) is 48.1 Å². The fourth-order valence-corrected chi connectivity index (χ4v) is 3.09. The fraction of sp³-hybridized carbons (Fsp3) is 0.692. The molecule has 1 aromatic rings. The van der Waals surface area contributed by atoms with Crippen LogP contribution in [0.1, 0.15) is 40.1 Å². The first-order chi connectivity index (χ1) is 9.02. The van der Waals surface area contributed by atoms with Gasteiger partial charge in [0.1, 0.15) is 4.88 Å². The summed E-state index contributed by atoms with van der Waals surface area (Å²) >= 11 is 1.50. The lowest BCUT2D eigenvalue weighted by Gasteiger charge is -2.32. The molecule has 0 saturated carbocycles. The second-order valence-corrected chi connectivity index (χ2v) is 6.13. The van der Waals surface area contributed by atoms with Gasteiger partial charge in [-0.15, -0.1) is 11.3 Å². The van der Waals surface area contributed by atoms with Crippen LogP contribution < -0.4 is 5.73 Å². The molecule has 2 rings (SSSR count). The van der Waals surface area contributed by atoms with E-state index in [1.165, 1.54) is 11.3 Å². The van der Waals surface area contributed by atoms with Crippen LogP contribution in [-0.2, 0) is 4.74 Å². The first kappa shape index (κ1) is 14.4. The molecule has 1 amide bonds. The van der Waals surface area contributed by atoms with Crippen molar-refractivity contribution in [2.75, 3.05) is 26.2 Å². The van der Waals surface area contributed by atoms with E-state index >= 15 is 0 Å². The molecule has 6 heteroatoms. The number of carbonyl (C=O) groups is 1. The zero-order chi connectivity index (χ0) is 14.0. The summed E-state index contributed by atoms with van der Waals surface area (Å²) in [5.41, 5.74) is 6.43. The maximum atomic E-state index is 12.5. The van der Waals surface area contributed by atoms with Crippen molar-refractivity contribution in [3.05, 3.63) is 15.6 Å². The highest BCUT2D eigenvalue weighted by molar-refractivity contribution is 7.13. The Labute approximate surface area is 117 Å². The Balaban J connectivity index is 2.14. The zero-order valence-corrected chi connectivity index (χ0v) is 12.5. The van der Waals surface area contributed by atoms with Crippen molar-refractivity contribution in [3.8, 4) is 0 Å². The maximum absolute atomic E-state index is 12.5. The molecule has 2 N–H and O–H groups in total. The predicted molar refractivity (Wildman–Crippen MR) is 75.6 cm³/mol. The summed E-state index contributed by atoms with van der Waals surface area (Å²) in [4.78, 5) is 19.6. The molecule has 0 aromatic carbocycles. The van der Waals surface area contributed by atoms with Crippen molar-refractivity contribution < 1.29 is 9.53 Å². The number of aryl methyl sites for hydroxylation is 1. The number of ether oxygens (including phenoxy) is 1. The molecule has 1 aliphatic rings. The van der Waals surface area contributed by atoms with Crippen LogP contribution in [0.2, 0.25) is 0 Å². The standard InChI is InChI=1S/C13H21N3O2S/c1-8(2)12-15-9(3)11(19-12)13(17)16-4-5-18-10(6-14)7-16/h8,10H,4-7,14H2,1-3H3/t10-/m0/s1. The number of rotatable bonds is 3. The van der Waals surface area contributed by atoms with Crippen molar-refractivity contribution in [2.45, 2.75) is 32.8 Å². The van der Waals surface area contributed by atoms with E-state index < -0.39 is 0 Å². The Morgan fingerprint density at radius 1 is 1.63 bits per heavy atom. The molecule has 1 fully saturated rings. The Kier molecular flexibility index (Phi) is 4.54. The number of amides is 1. The van der Waals surface area contributed by atoms with Crippen LogP contribution in [0.25, 0.3) is 0 Å². The minimum Gasteiger partial charge on any atom is -0.373 e. The smallest absolute Gasteiger partial charge is 0.266 e. The first-order valence-electron chi connectivity index (χ1n) is 6.61. The topological polar surface area (TPSA) is 68.5 Å². The van der Waals surface area contributed by atoms with Gasteiger partial charge in [-0.2, -0.15) is 0 Å². The molecule has 19 heavy (non-hydrogen) atoms. The zero-order valence-electron chi connectivity index (χ0n) is 11.7. The third kappa shape index (κ3) is 3.13. The second-order valence-electron chi connectivity index (χ2n) is 5.10. The Morgan fingerprint density at radius 2 is 2.37 bits per heavy atom. The van der Waals surface area contributed by atoms with E-state index in [1.807, 2.05) is 11.8 Å². The summed E-state index contributed by atoms with van der Waals surface area (Å²) < 4.78 is 5.49. The van der Waals surface area contributed by atoms with Gasteiger partial charge < -0.3 is 15.4 Å². The van der Waals surface area contributed by atoms with Crippen LogP contribution in [0.15, 0.2) is 0 Å². The quantitative estimate of drug-likeness (QED) is 0.910. The largest absolute Gasteiger partial charge is 0.373 e. The number of carbonyl (C=O) groups excluding carboxylic acids is 1. The molecule has 0 bridgehead atoms. The Hall–Kier alpha value is -0.980. The van der Waals surface area contributed by atoms with Crippen LogP contribution in [0.3, 0.4) is 0 Å². The highest BCUT2D eigenvalue weighted by Gasteiger charge is 2.27. The van der Waals surface area contributed by atoms with E-state index in [0.717, 1.165) is 15.6 Å². The van der Waals surface area contributed by atoms with E-state index in [-0.39, 0.29) is 12.0 Å². The van der Waals surface area contributed by atoms with Gasteiger partial charge in [0, 0.05) is 25.6 Å². The van der Waals surface area contributed by atoms with Gasteiger partial charge in [-0.1, -0.05) is 13.8 Å².